The molecular weight excluding hydrogens is 292 g/mol. The first-order valence-electron chi connectivity index (χ1n) is 7.60. The highest BCUT2D eigenvalue weighted by molar-refractivity contribution is 6.07. The van der Waals surface area contributed by atoms with Crippen LogP contribution in [-0.2, 0) is 0 Å². The first-order chi connectivity index (χ1) is 11.0. The number of benzene rings is 2. The summed E-state index contributed by atoms with van der Waals surface area (Å²) < 4.78 is 0. The molecule has 0 saturated carbocycles. The third-order valence-corrected chi connectivity index (χ3v) is 4.02. The van der Waals surface area contributed by atoms with E-state index in [1.807, 2.05) is 24.3 Å². The molecule has 5 heteroatoms. The zero-order valence-electron chi connectivity index (χ0n) is 13.5. The molecule has 0 aliphatic heterocycles. The lowest BCUT2D eigenvalue weighted by Crippen LogP contribution is -2.16. The molecule has 1 amide bonds. The van der Waals surface area contributed by atoms with E-state index in [1.54, 1.807) is 19.1 Å². The number of anilines is 1. The molecule has 5 nitrogen and oxygen atoms in total. The Bertz CT molecular complexity index is 741. The van der Waals surface area contributed by atoms with Gasteiger partial charge in [0.05, 0.1) is 4.92 Å². The van der Waals surface area contributed by atoms with Crippen LogP contribution in [0.3, 0.4) is 0 Å². The molecule has 0 aliphatic carbocycles. The minimum absolute atomic E-state index is 0.0777. The number of hydrogen-bond donors (Lipinski definition) is 1. The molecular formula is C18H20N2O3. The van der Waals surface area contributed by atoms with Crippen molar-refractivity contribution in [2.75, 3.05) is 5.32 Å². The van der Waals surface area contributed by atoms with E-state index < -0.39 is 10.8 Å². The summed E-state index contributed by atoms with van der Waals surface area (Å²) in [5.41, 5.74) is 2.12. The Labute approximate surface area is 135 Å². The van der Waals surface area contributed by atoms with Crippen LogP contribution in [0.1, 0.15) is 47.7 Å². The second kappa shape index (κ2) is 7.05. The molecule has 1 atom stereocenters. The summed E-state index contributed by atoms with van der Waals surface area (Å²) in [6, 6.07) is 12.3. The van der Waals surface area contributed by atoms with Gasteiger partial charge >= 0.3 is 0 Å². The van der Waals surface area contributed by atoms with Crippen molar-refractivity contribution in [2.24, 2.45) is 0 Å². The van der Waals surface area contributed by atoms with Crippen LogP contribution in [-0.4, -0.2) is 10.8 Å². The Balaban J connectivity index is 2.38. The first-order valence-corrected chi connectivity index (χ1v) is 7.60. The number of carbonyl (C=O) groups is 1. The zero-order chi connectivity index (χ0) is 17.0. The van der Waals surface area contributed by atoms with Gasteiger partial charge in [0.15, 0.2) is 0 Å². The molecule has 2 aromatic rings. The van der Waals surface area contributed by atoms with Crippen LogP contribution < -0.4 is 5.32 Å². The third-order valence-electron chi connectivity index (χ3n) is 4.02. The van der Waals surface area contributed by atoms with Crippen molar-refractivity contribution < 1.29 is 9.72 Å². The van der Waals surface area contributed by atoms with Gasteiger partial charge in [0.25, 0.3) is 11.6 Å². The standard InChI is InChI=1S/C18H20N2O3/c1-4-12(2)14-9-5-6-11-16(14)19-18(21)15-10-7-8-13(3)17(15)20(22)23/h5-12H,4H2,1-3H3,(H,19,21)/t12-/m1/s1. The predicted octanol–water partition coefficient (Wildman–Crippen LogP) is 4.67. The summed E-state index contributed by atoms with van der Waals surface area (Å²) in [6.45, 7) is 5.79. The molecule has 0 radical (unpaired) electrons. The van der Waals surface area contributed by atoms with Crippen molar-refractivity contribution in [3.63, 3.8) is 0 Å². The number of hydrogen-bond acceptors (Lipinski definition) is 3. The molecule has 0 fully saturated rings. The summed E-state index contributed by atoms with van der Waals surface area (Å²) in [6.07, 6.45) is 0.942. The lowest BCUT2D eigenvalue weighted by atomic mass is 9.96. The van der Waals surface area contributed by atoms with Crippen molar-refractivity contribution in [3.05, 3.63) is 69.3 Å². The van der Waals surface area contributed by atoms with Crippen LogP contribution in [0, 0.1) is 17.0 Å². The van der Waals surface area contributed by atoms with Gasteiger partial charge in [-0.1, -0.05) is 44.2 Å². The number of nitrogens with one attached hydrogen (secondary N) is 1. The molecule has 1 N–H and O–H groups in total. The zero-order valence-corrected chi connectivity index (χ0v) is 13.5. The lowest BCUT2D eigenvalue weighted by molar-refractivity contribution is -0.385. The van der Waals surface area contributed by atoms with E-state index in [9.17, 15) is 14.9 Å². The van der Waals surface area contributed by atoms with E-state index in [2.05, 4.69) is 19.2 Å². The minimum Gasteiger partial charge on any atom is -0.322 e. The third kappa shape index (κ3) is 3.56. The summed E-state index contributed by atoms with van der Waals surface area (Å²) in [7, 11) is 0. The number of aryl methyl sites for hydroxylation is 1. The van der Waals surface area contributed by atoms with E-state index in [-0.39, 0.29) is 11.3 Å². The average molecular weight is 312 g/mol. The Morgan fingerprint density at radius 3 is 2.57 bits per heavy atom. The first kappa shape index (κ1) is 16.7. The highest BCUT2D eigenvalue weighted by Crippen LogP contribution is 2.28. The van der Waals surface area contributed by atoms with Crippen LogP contribution in [0.4, 0.5) is 11.4 Å². The van der Waals surface area contributed by atoms with Crippen LogP contribution in [0.2, 0.25) is 0 Å². The maximum atomic E-state index is 12.5. The summed E-state index contributed by atoms with van der Waals surface area (Å²) >= 11 is 0. The lowest BCUT2D eigenvalue weighted by Gasteiger charge is -2.15. The average Bonchev–Trinajstić information content (AvgIpc) is 2.54. The largest absolute Gasteiger partial charge is 0.322 e. The normalized spacial score (nSPS) is 11.8. The second-order valence-electron chi connectivity index (χ2n) is 5.58. The second-order valence-corrected chi connectivity index (χ2v) is 5.58. The maximum absolute atomic E-state index is 12.5. The van der Waals surface area contributed by atoms with E-state index in [0.717, 1.165) is 12.0 Å². The summed E-state index contributed by atoms with van der Waals surface area (Å²) in [5.74, 6) is -0.171. The summed E-state index contributed by atoms with van der Waals surface area (Å²) in [4.78, 5) is 23.3. The fraction of sp³-hybridized carbons (Fsp3) is 0.278. The minimum atomic E-state index is -0.509. The van der Waals surface area contributed by atoms with Gasteiger partial charge in [-0.05, 0) is 37.0 Å². The van der Waals surface area contributed by atoms with Crippen molar-refractivity contribution in [1.29, 1.82) is 0 Å². The molecule has 23 heavy (non-hydrogen) atoms. The van der Waals surface area contributed by atoms with Crippen molar-refractivity contribution in [2.45, 2.75) is 33.1 Å². The predicted molar refractivity (Wildman–Crippen MR) is 90.9 cm³/mol. The van der Waals surface area contributed by atoms with Gasteiger partial charge in [-0.2, -0.15) is 0 Å². The molecule has 0 spiro atoms. The van der Waals surface area contributed by atoms with Gasteiger partial charge in [-0.3, -0.25) is 14.9 Å². The Kier molecular flexibility index (Phi) is 5.11. The Hall–Kier alpha value is -2.69. The van der Waals surface area contributed by atoms with Crippen molar-refractivity contribution in [1.82, 2.24) is 0 Å². The van der Waals surface area contributed by atoms with Gasteiger partial charge in [0.1, 0.15) is 5.56 Å². The van der Waals surface area contributed by atoms with Crippen LogP contribution in [0.25, 0.3) is 0 Å². The summed E-state index contributed by atoms with van der Waals surface area (Å²) in [5, 5.41) is 14.1. The van der Waals surface area contributed by atoms with Crippen LogP contribution >= 0.6 is 0 Å². The molecule has 0 aromatic heterocycles. The number of para-hydroxylation sites is 2. The Morgan fingerprint density at radius 1 is 1.22 bits per heavy atom. The van der Waals surface area contributed by atoms with E-state index in [0.29, 0.717) is 17.2 Å². The van der Waals surface area contributed by atoms with Gasteiger partial charge in [-0.25, -0.2) is 0 Å². The van der Waals surface area contributed by atoms with Crippen LogP contribution in [0.5, 0.6) is 0 Å². The highest BCUT2D eigenvalue weighted by atomic mass is 16.6. The molecule has 2 aromatic carbocycles. The number of amides is 1. The molecule has 0 bridgehead atoms. The van der Waals surface area contributed by atoms with Crippen molar-refractivity contribution >= 4 is 17.3 Å². The molecule has 0 aliphatic rings. The van der Waals surface area contributed by atoms with Gasteiger partial charge < -0.3 is 5.32 Å². The van der Waals surface area contributed by atoms with E-state index >= 15 is 0 Å². The van der Waals surface area contributed by atoms with E-state index in [4.69, 9.17) is 0 Å². The van der Waals surface area contributed by atoms with Gasteiger partial charge in [0, 0.05) is 11.3 Å². The quantitative estimate of drug-likeness (QED) is 0.644. The highest BCUT2D eigenvalue weighted by Gasteiger charge is 2.23. The SMILES string of the molecule is CC[C@@H](C)c1ccccc1NC(=O)c1cccc(C)c1[N+](=O)[O-]. The smallest absolute Gasteiger partial charge is 0.285 e. The molecule has 0 heterocycles. The number of rotatable bonds is 5. The fourth-order valence-electron chi connectivity index (χ4n) is 2.53. The molecule has 0 saturated heterocycles. The Morgan fingerprint density at radius 2 is 1.91 bits per heavy atom. The van der Waals surface area contributed by atoms with Gasteiger partial charge in [0.2, 0.25) is 0 Å². The maximum Gasteiger partial charge on any atom is 0.285 e. The molecule has 0 unspecified atom stereocenters. The van der Waals surface area contributed by atoms with E-state index in [1.165, 1.54) is 6.07 Å². The van der Waals surface area contributed by atoms with Crippen LogP contribution in [0.15, 0.2) is 42.5 Å². The number of carbonyl (C=O) groups excluding carboxylic acids is 1. The number of nitrogens with zero attached hydrogens (tertiary/aromatic N) is 1. The topological polar surface area (TPSA) is 72.2 Å². The molecule has 120 valence electrons. The number of nitro benzene ring substituents is 1. The van der Waals surface area contributed by atoms with Crippen molar-refractivity contribution in [3.8, 4) is 0 Å². The monoisotopic (exact) mass is 312 g/mol. The molecule has 2 rings (SSSR count). The number of nitro groups is 1. The van der Waals surface area contributed by atoms with Gasteiger partial charge in [-0.15, -0.1) is 0 Å². The fourth-order valence-corrected chi connectivity index (χ4v) is 2.53.